The van der Waals surface area contributed by atoms with Gasteiger partial charge in [-0.1, -0.05) is 6.07 Å². The molecule has 3 aromatic rings. The number of carbonyl (C=O) groups is 1. The molecule has 1 unspecified atom stereocenters. The Labute approximate surface area is 130 Å². The highest BCUT2D eigenvalue weighted by atomic mass is 19.2. The lowest BCUT2D eigenvalue weighted by atomic mass is 10.2. The van der Waals surface area contributed by atoms with E-state index in [1.807, 2.05) is 0 Å². The molecule has 0 spiro atoms. The Balaban J connectivity index is 2.07. The Morgan fingerprint density at radius 1 is 1.39 bits per heavy atom. The molecule has 0 saturated heterocycles. The van der Waals surface area contributed by atoms with Crippen molar-refractivity contribution in [2.75, 3.05) is 12.0 Å². The molecule has 1 amide bonds. The van der Waals surface area contributed by atoms with Gasteiger partial charge in [0, 0.05) is 24.6 Å². The Kier molecular flexibility index (Phi) is 3.96. The van der Waals surface area contributed by atoms with Gasteiger partial charge in [-0.3, -0.25) is 4.79 Å². The number of aromatic nitrogens is 4. The normalized spacial score (nSPS) is 12.3. The molecule has 6 nitrogen and oxygen atoms in total. The molecule has 0 saturated carbocycles. The molecule has 1 N–H and O–H groups in total. The monoisotopic (exact) mass is 317 g/mol. The van der Waals surface area contributed by atoms with E-state index in [2.05, 4.69) is 20.4 Å². The lowest BCUT2D eigenvalue weighted by Crippen LogP contribution is -2.08. The van der Waals surface area contributed by atoms with E-state index >= 15 is 0 Å². The minimum absolute atomic E-state index is 0.00444. The quantitative estimate of drug-likeness (QED) is 0.803. The van der Waals surface area contributed by atoms with Crippen LogP contribution in [0.4, 0.5) is 14.6 Å². The summed E-state index contributed by atoms with van der Waals surface area (Å²) in [6.07, 6.45) is 1.37. The van der Waals surface area contributed by atoms with Crippen molar-refractivity contribution in [2.45, 2.75) is 13.1 Å². The molecule has 0 aliphatic rings. The minimum Gasteiger partial charge on any atom is -0.311 e. The predicted octanol–water partition coefficient (Wildman–Crippen LogP) is 2.75. The van der Waals surface area contributed by atoms with Gasteiger partial charge in [0.1, 0.15) is 12.5 Å². The average molecular weight is 317 g/mol. The van der Waals surface area contributed by atoms with Crippen molar-refractivity contribution < 1.29 is 13.6 Å². The fraction of sp³-hybridized carbons (Fsp3) is 0.200. The van der Waals surface area contributed by atoms with Crippen LogP contribution in [-0.2, 0) is 4.79 Å². The van der Waals surface area contributed by atoms with Gasteiger partial charge in [0.05, 0.1) is 17.4 Å². The van der Waals surface area contributed by atoms with Crippen molar-refractivity contribution in [1.82, 2.24) is 19.7 Å². The highest BCUT2D eigenvalue weighted by molar-refractivity contribution is 5.90. The first-order valence-electron chi connectivity index (χ1n) is 6.87. The summed E-state index contributed by atoms with van der Waals surface area (Å²) in [7, 11) is 0. The number of amides is 1. The van der Waals surface area contributed by atoms with Gasteiger partial charge in [0.25, 0.3) is 0 Å². The Hall–Kier alpha value is -2.90. The van der Waals surface area contributed by atoms with Crippen molar-refractivity contribution in [3.05, 3.63) is 42.4 Å². The van der Waals surface area contributed by atoms with Crippen LogP contribution in [0.15, 0.2) is 36.7 Å². The first kappa shape index (κ1) is 15.0. The third kappa shape index (κ3) is 3.01. The van der Waals surface area contributed by atoms with Crippen molar-refractivity contribution in [3.8, 4) is 5.82 Å². The van der Waals surface area contributed by atoms with E-state index < -0.39 is 12.8 Å². The number of carbonyl (C=O) groups excluding carboxylic acids is 1. The summed E-state index contributed by atoms with van der Waals surface area (Å²) in [5.74, 6) is 0.481. The standard InChI is InChI=1S/C15H13F2N5O/c1-9(23)20-14-5-13-10(7-18-14)8-19-22(13)15-4-2-3-12(21-15)11(17)6-16/h2-5,7-8,11H,6H2,1H3,(H,18,20,23). The Morgan fingerprint density at radius 2 is 2.22 bits per heavy atom. The van der Waals surface area contributed by atoms with E-state index in [-0.39, 0.29) is 11.6 Å². The number of pyridine rings is 2. The van der Waals surface area contributed by atoms with Gasteiger partial charge in [-0.2, -0.15) is 5.10 Å². The molecular formula is C15H13F2N5O. The van der Waals surface area contributed by atoms with Gasteiger partial charge in [-0.15, -0.1) is 0 Å². The third-order valence-corrected chi connectivity index (χ3v) is 3.19. The van der Waals surface area contributed by atoms with Crippen LogP contribution in [0.2, 0.25) is 0 Å². The van der Waals surface area contributed by atoms with Crippen LogP contribution in [0, 0.1) is 0 Å². The number of fused-ring (bicyclic) bond motifs is 1. The number of nitrogens with one attached hydrogen (secondary N) is 1. The molecule has 0 bridgehead atoms. The van der Waals surface area contributed by atoms with Gasteiger partial charge < -0.3 is 5.32 Å². The molecule has 3 aromatic heterocycles. The van der Waals surface area contributed by atoms with Crippen LogP contribution < -0.4 is 5.32 Å². The SMILES string of the molecule is CC(=O)Nc1cc2c(cn1)cnn2-c1cccc(C(F)CF)n1. The summed E-state index contributed by atoms with van der Waals surface area (Å²) in [4.78, 5) is 19.3. The molecule has 118 valence electrons. The summed E-state index contributed by atoms with van der Waals surface area (Å²) in [5, 5.41) is 7.51. The van der Waals surface area contributed by atoms with Gasteiger partial charge >= 0.3 is 0 Å². The van der Waals surface area contributed by atoms with Gasteiger partial charge in [-0.25, -0.2) is 23.4 Å². The van der Waals surface area contributed by atoms with E-state index in [1.165, 1.54) is 17.7 Å². The van der Waals surface area contributed by atoms with Gasteiger partial charge in [-0.05, 0) is 12.1 Å². The van der Waals surface area contributed by atoms with Crippen molar-refractivity contribution in [2.24, 2.45) is 0 Å². The Bertz CT molecular complexity index is 864. The number of nitrogens with zero attached hydrogens (tertiary/aromatic N) is 4. The second-order valence-corrected chi connectivity index (χ2v) is 4.91. The van der Waals surface area contributed by atoms with Crippen LogP contribution in [0.3, 0.4) is 0 Å². The second-order valence-electron chi connectivity index (χ2n) is 4.91. The highest BCUT2D eigenvalue weighted by Gasteiger charge is 2.13. The van der Waals surface area contributed by atoms with E-state index in [0.717, 1.165) is 5.39 Å². The number of halogens is 2. The largest absolute Gasteiger partial charge is 0.311 e. The van der Waals surface area contributed by atoms with E-state index in [0.29, 0.717) is 17.2 Å². The molecule has 0 aliphatic heterocycles. The van der Waals surface area contributed by atoms with Crippen LogP contribution in [0.5, 0.6) is 0 Å². The molecular weight excluding hydrogens is 304 g/mol. The molecule has 8 heteroatoms. The van der Waals surface area contributed by atoms with E-state index in [9.17, 15) is 13.6 Å². The zero-order valence-electron chi connectivity index (χ0n) is 12.2. The number of alkyl halides is 2. The second kappa shape index (κ2) is 6.07. The fourth-order valence-electron chi connectivity index (χ4n) is 2.16. The van der Waals surface area contributed by atoms with Crippen molar-refractivity contribution in [3.63, 3.8) is 0 Å². The first-order valence-corrected chi connectivity index (χ1v) is 6.87. The third-order valence-electron chi connectivity index (χ3n) is 3.19. The average Bonchev–Trinajstić information content (AvgIpc) is 2.97. The van der Waals surface area contributed by atoms with Crippen LogP contribution in [0.1, 0.15) is 18.8 Å². The Morgan fingerprint density at radius 3 is 2.96 bits per heavy atom. The summed E-state index contributed by atoms with van der Waals surface area (Å²) in [5.41, 5.74) is 0.647. The van der Waals surface area contributed by atoms with E-state index in [1.54, 1.807) is 30.6 Å². The maximum absolute atomic E-state index is 13.5. The molecule has 23 heavy (non-hydrogen) atoms. The van der Waals surface area contributed by atoms with Crippen LogP contribution in [-0.4, -0.2) is 32.3 Å². The highest BCUT2D eigenvalue weighted by Crippen LogP contribution is 2.21. The number of hydrogen-bond donors (Lipinski definition) is 1. The molecule has 1 atom stereocenters. The molecule has 0 radical (unpaired) electrons. The summed E-state index contributed by atoms with van der Waals surface area (Å²) >= 11 is 0. The molecule has 3 rings (SSSR count). The van der Waals surface area contributed by atoms with Crippen molar-refractivity contribution in [1.29, 1.82) is 0 Å². The summed E-state index contributed by atoms with van der Waals surface area (Å²) in [6, 6.07) is 6.28. The van der Waals surface area contributed by atoms with E-state index in [4.69, 9.17) is 0 Å². The maximum Gasteiger partial charge on any atom is 0.222 e. The van der Waals surface area contributed by atoms with Gasteiger partial charge in [0.2, 0.25) is 5.91 Å². The molecule has 0 fully saturated rings. The maximum atomic E-state index is 13.5. The molecule has 3 heterocycles. The molecule has 0 aromatic carbocycles. The van der Waals surface area contributed by atoms with Crippen LogP contribution >= 0.6 is 0 Å². The summed E-state index contributed by atoms with van der Waals surface area (Å²) < 4.78 is 27.5. The van der Waals surface area contributed by atoms with Crippen LogP contribution in [0.25, 0.3) is 16.7 Å². The molecule has 0 aliphatic carbocycles. The predicted molar refractivity (Wildman–Crippen MR) is 80.8 cm³/mol. The first-order chi connectivity index (χ1) is 11.1. The fourth-order valence-corrected chi connectivity index (χ4v) is 2.16. The zero-order chi connectivity index (χ0) is 16.4. The van der Waals surface area contributed by atoms with Gasteiger partial charge in [0.15, 0.2) is 12.0 Å². The lowest BCUT2D eigenvalue weighted by molar-refractivity contribution is -0.114. The summed E-state index contributed by atoms with van der Waals surface area (Å²) in [6.45, 7) is 0.249. The smallest absolute Gasteiger partial charge is 0.222 e. The zero-order valence-corrected chi connectivity index (χ0v) is 12.2. The number of rotatable bonds is 4. The van der Waals surface area contributed by atoms with Crippen molar-refractivity contribution >= 4 is 22.6 Å². The number of anilines is 1. The topological polar surface area (TPSA) is 72.7 Å². The minimum atomic E-state index is -1.77. The lowest BCUT2D eigenvalue weighted by Gasteiger charge is -2.08. The number of hydrogen-bond acceptors (Lipinski definition) is 4.